The number of benzene rings is 2. The van der Waals surface area contributed by atoms with Crippen molar-refractivity contribution in [3.63, 3.8) is 0 Å². The Hall–Kier alpha value is -1.60. The Bertz CT molecular complexity index is 634. The summed E-state index contributed by atoms with van der Waals surface area (Å²) in [4.78, 5) is 0. The molecule has 1 aliphatic rings. The maximum Gasteiger partial charge on any atom is 0.0440 e. The molecule has 1 unspecified atom stereocenters. The molecule has 0 aromatic heterocycles. The van der Waals surface area contributed by atoms with Crippen LogP contribution < -0.4 is 0 Å². The van der Waals surface area contributed by atoms with Crippen LogP contribution in [-0.4, -0.2) is 11.7 Å². The third-order valence-electron chi connectivity index (χ3n) is 4.34. The van der Waals surface area contributed by atoms with Crippen molar-refractivity contribution < 1.29 is 5.11 Å². The fourth-order valence-corrected chi connectivity index (χ4v) is 3.21. The average molecular weight is 266 g/mol. The quantitative estimate of drug-likeness (QED) is 0.849. The van der Waals surface area contributed by atoms with Crippen LogP contribution in [-0.2, 0) is 5.41 Å². The van der Waals surface area contributed by atoms with Gasteiger partial charge in [-0.05, 0) is 39.7 Å². The molecule has 1 aliphatic carbocycles. The zero-order valence-corrected chi connectivity index (χ0v) is 12.5. The Morgan fingerprint density at radius 2 is 1.65 bits per heavy atom. The van der Waals surface area contributed by atoms with E-state index in [0.29, 0.717) is 5.92 Å². The van der Waals surface area contributed by atoms with E-state index in [1.807, 2.05) is 0 Å². The van der Waals surface area contributed by atoms with E-state index in [1.165, 1.54) is 27.8 Å². The predicted octanol–water partition coefficient (Wildman–Crippen LogP) is 4.48. The molecule has 1 atom stereocenters. The molecule has 0 aliphatic heterocycles. The Kier molecular flexibility index (Phi) is 3.18. The van der Waals surface area contributed by atoms with Gasteiger partial charge in [0.25, 0.3) is 0 Å². The number of fused-ring (bicyclic) bond motifs is 3. The molecule has 0 amide bonds. The molecule has 3 rings (SSSR count). The normalized spacial score (nSPS) is 16.9. The van der Waals surface area contributed by atoms with Crippen molar-refractivity contribution in [2.45, 2.75) is 38.5 Å². The van der Waals surface area contributed by atoms with Gasteiger partial charge in [-0.2, -0.15) is 0 Å². The smallest absolute Gasteiger partial charge is 0.0440 e. The first kappa shape index (κ1) is 13.4. The maximum absolute atomic E-state index is 9.36. The lowest BCUT2D eigenvalue weighted by Gasteiger charge is -2.20. The van der Waals surface area contributed by atoms with Gasteiger partial charge in [0.05, 0.1) is 0 Å². The molecule has 20 heavy (non-hydrogen) atoms. The molecule has 0 spiro atoms. The van der Waals surface area contributed by atoms with Crippen LogP contribution in [0.4, 0.5) is 0 Å². The van der Waals surface area contributed by atoms with E-state index in [0.717, 1.165) is 6.42 Å². The summed E-state index contributed by atoms with van der Waals surface area (Å²) >= 11 is 0. The zero-order valence-electron chi connectivity index (χ0n) is 12.5. The molecule has 1 heteroatoms. The second kappa shape index (κ2) is 4.75. The van der Waals surface area contributed by atoms with Crippen molar-refractivity contribution in [3.8, 4) is 11.1 Å². The number of rotatable bonds is 2. The fraction of sp³-hybridized carbons (Fsp3) is 0.368. The Balaban J connectivity index is 2.18. The Morgan fingerprint density at radius 3 is 2.35 bits per heavy atom. The van der Waals surface area contributed by atoms with Gasteiger partial charge >= 0.3 is 0 Å². The Labute approximate surface area is 121 Å². The lowest BCUT2D eigenvalue weighted by molar-refractivity contribution is 0.282. The van der Waals surface area contributed by atoms with E-state index in [4.69, 9.17) is 0 Å². The highest BCUT2D eigenvalue weighted by Gasteiger charge is 2.29. The number of aliphatic hydroxyl groups is 1. The van der Waals surface area contributed by atoms with Gasteiger partial charge in [-0.1, -0.05) is 63.2 Å². The van der Waals surface area contributed by atoms with Gasteiger partial charge in [-0.15, -0.1) is 0 Å². The highest BCUT2D eigenvalue weighted by molar-refractivity contribution is 5.79. The van der Waals surface area contributed by atoms with Gasteiger partial charge in [-0.25, -0.2) is 0 Å². The van der Waals surface area contributed by atoms with Crippen molar-refractivity contribution in [1.29, 1.82) is 0 Å². The first-order chi connectivity index (χ1) is 9.52. The van der Waals surface area contributed by atoms with Gasteiger partial charge in [0, 0.05) is 12.5 Å². The molecule has 0 fully saturated rings. The predicted molar refractivity (Wildman–Crippen MR) is 84.1 cm³/mol. The molecule has 2 aromatic rings. The first-order valence-corrected chi connectivity index (χ1v) is 7.37. The van der Waals surface area contributed by atoms with E-state index >= 15 is 0 Å². The monoisotopic (exact) mass is 266 g/mol. The highest BCUT2D eigenvalue weighted by Crippen LogP contribution is 2.47. The molecular formula is C19H22O. The lowest BCUT2D eigenvalue weighted by atomic mass is 9.84. The van der Waals surface area contributed by atoms with Crippen LogP contribution in [0.1, 0.15) is 49.8 Å². The average Bonchev–Trinajstić information content (AvgIpc) is 2.73. The van der Waals surface area contributed by atoms with Crippen LogP contribution in [0.25, 0.3) is 11.1 Å². The summed E-state index contributed by atoms with van der Waals surface area (Å²) in [5.74, 6) is 0.347. The van der Waals surface area contributed by atoms with Gasteiger partial charge < -0.3 is 5.11 Å². The molecule has 0 saturated carbocycles. The summed E-state index contributed by atoms with van der Waals surface area (Å²) in [6.07, 6.45) is 0.804. The van der Waals surface area contributed by atoms with Crippen LogP contribution >= 0.6 is 0 Å². The standard InChI is InChI=1S/C19H22O/c1-19(2,3)13-8-9-16-17(10-11-20)14-6-4-5-7-15(14)18(16)12-13/h4-9,12,17,20H,10-11H2,1-3H3. The minimum absolute atomic E-state index is 0.166. The summed E-state index contributed by atoms with van der Waals surface area (Å²) in [7, 11) is 0. The topological polar surface area (TPSA) is 20.2 Å². The van der Waals surface area contributed by atoms with Crippen LogP contribution in [0.15, 0.2) is 42.5 Å². The summed E-state index contributed by atoms with van der Waals surface area (Å²) in [5.41, 5.74) is 6.96. The molecule has 0 radical (unpaired) electrons. The summed E-state index contributed by atoms with van der Waals surface area (Å²) in [6, 6.07) is 15.5. The van der Waals surface area contributed by atoms with Crippen LogP contribution in [0, 0.1) is 0 Å². The van der Waals surface area contributed by atoms with E-state index in [1.54, 1.807) is 0 Å². The third kappa shape index (κ3) is 2.06. The number of aliphatic hydroxyl groups excluding tert-OH is 1. The van der Waals surface area contributed by atoms with Crippen LogP contribution in [0.5, 0.6) is 0 Å². The van der Waals surface area contributed by atoms with E-state index in [2.05, 4.69) is 63.2 Å². The molecule has 0 bridgehead atoms. The molecule has 104 valence electrons. The molecule has 1 nitrogen and oxygen atoms in total. The largest absolute Gasteiger partial charge is 0.396 e. The minimum atomic E-state index is 0.166. The number of hydrogen-bond donors (Lipinski definition) is 1. The lowest BCUT2D eigenvalue weighted by Crippen LogP contribution is -2.11. The summed E-state index contributed by atoms with van der Waals surface area (Å²) in [5, 5.41) is 9.36. The second-order valence-electron chi connectivity index (χ2n) is 6.70. The summed E-state index contributed by atoms with van der Waals surface area (Å²) in [6.45, 7) is 6.99. The van der Waals surface area contributed by atoms with E-state index < -0.39 is 0 Å². The SMILES string of the molecule is CC(C)(C)c1ccc2c(c1)-c1ccccc1C2CCO. The second-order valence-corrected chi connectivity index (χ2v) is 6.70. The molecule has 1 N–H and O–H groups in total. The molecule has 0 saturated heterocycles. The van der Waals surface area contributed by atoms with E-state index in [-0.39, 0.29) is 12.0 Å². The van der Waals surface area contributed by atoms with Crippen LogP contribution in [0.2, 0.25) is 0 Å². The first-order valence-electron chi connectivity index (χ1n) is 7.37. The minimum Gasteiger partial charge on any atom is -0.396 e. The van der Waals surface area contributed by atoms with Crippen molar-refractivity contribution in [2.24, 2.45) is 0 Å². The number of hydrogen-bond acceptors (Lipinski definition) is 1. The highest BCUT2D eigenvalue weighted by atomic mass is 16.3. The van der Waals surface area contributed by atoms with Gasteiger partial charge in [-0.3, -0.25) is 0 Å². The molecular weight excluding hydrogens is 244 g/mol. The zero-order chi connectivity index (χ0) is 14.3. The summed E-state index contributed by atoms with van der Waals surface area (Å²) < 4.78 is 0. The van der Waals surface area contributed by atoms with Crippen LogP contribution in [0.3, 0.4) is 0 Å². The van der Waals surface area contributed by atoms with Gasteiger partial charge in [0.1, 0.15) is 0 Å². The van der Waals surface area contributed by atoms with E-state index in [9.17, 15) is 5.11 Å². The molecule has 0 heterocycles. The van der Waals surface area contributed by atoms with Crippen molar-refractivity contribution in [3.05, 3.63) is 59.2 Å². The fourth-order valence-electron chi connectivity index (χ4n) is 3.21. The third-order valence-corrected chi connectivity index (χ3v) is 4.34. The van der Waals surface area contributed by atoms with Crippen molar-refractivity contribution in [1.82, 2.24) is 0 Å². The maximum atomic E-state index is 9.36. The van der Waals surface area contributed by atoms with Crippen molar-refractivity contribution in [2.75, 3.05) is 6.61 Å². The molecule has 2 aromatic carbocycles. The Morgan fingerprint density at radius 1 is 0.950 bits per heavy atom. The van der Waals surface area contributed by atoms with Gasteiger partial charge in [0.15, 0.2) is 0 Å². The van der Waals surface area contributed by atoms with Crippen molar-refractivity contribution >= 4 is 0 Å². The van der Waals surface area contributed by atoms with Gasteiger partial charge in [0.2, 0.25) is 0 Å².